The molecular formula is C29H34F3N3O5. The number of hydrogen-bond acceptors (Lipinski definition) is 6. The lowest BCUT2D eigenvalue weighted by Gasteiger charge is -2.45. The number of ether oxygens (including phenoxy) is 3. The lowest BCUT2D eigenvalue weighted by Crippen LogP contribution is -2.61. The quantitative estimate of drug-likeness (QED) is 0.413. The summed E-state index contributed by atoms with van der Waals surface area (Å²) in [5.41, 5.74) is -2.77. The number of amidine groups is 1. The van der Waals surface area contributed by atoms with E-state index in [1.54, 1.807) is 48.5 Å². The number of benzene rings is 1. The molecule has 2 amide bonds. The maximum Gasteiger partial charge on any atom is 0.438 e. The van der Waals surface area contributed by atoms with Crippen molar-refractivity contribution in [3.63, 3.8) is 0 Å². The summed E-state index contributed by atoms with van der Waals surface area (Å²) in [5.74, 6) is -2.05. The number of carbonyl (C=O) groups is 2. The molecule has 0 radical (unpaired) electrons. The van der Waals surface area contributed by atoms with Gasteiger partial charge in [-0.05, 0) is 83.7 Å². The molecule has 0 spiro atoms. The Balaban J connectivity index is 1.95. The van der Waals surface area contributed by atoms with Gasteiger partial charge in [0.15, 0.2) is 0 Å². The van der Waals surface area contributed by atoms with Crippen molar-refractivity contribution in [2.75, 3.05) is 6.67 Å². The highest BCUT2D eigenvalue weighted by molar-refractivity contribution is 5.98. The number of rotatable bonds is 4. The number of nitrogens with zero attached hydrogens (tertiary/aromatic N) is 3. The van der Waals surface area contributed by atoms with Crippen LogP contribution in [0.15, 0.2) is 35.6 Å². The Kier molecular flexibility index (Phi) is 7.64. The van der Waals surface area contributed by atoms with Crippen molar-refractivity contribution in [1.82, 2.24) is 9.88 Å². The van der Waals surface area contributed by atoms with E-state index in [0.29, 0.717) is 23.1 Å². The maximum atomic E-state index is 16.0. The van der Waals surface area contributed by atoms with Gasteiger partial charge in [0.1, 0.15) is 41.2 Å². The van der Waals surface area contributed by atoms with Gasteiger partial charge in [0.25, 0.3) is 0 Å². The third kappa shape index (κ3) is 5.78. The lowest BCUT2D eigenvalue weighted by molar-refractivity contribution is -0.0217. The van der Waals surface area contributed by atoms with Crippen LogP contribution in [-0.2, 0) is 26.2 Å². The van der Waals surface area contributed by atoms with Crippen molar-refractivity contribution < 1.29 is 37.0 Å². The molecule has 0 bridgehead atoms. The number of carbonyl (C=O) groups excluding carboxylic acids is 2. The van der Waals surface area contributed by atoms with Gasteiger partial charge in [-0.1, -0.05) is 6.92 Å². The Labute approximate surface area is 231 Å². The van der Waals surface area contributed by atoms with Crippen LogP contribution in [0.2, 0.25) is 0 Å². The minimum absolute atomic E-state index is 0.176. The molecule has 1 aliphatic heterocycles. The van der Waals surface area contributed by atoms with Gasteiger partial charge < -0.3 is 14.2 Å². The predicted octanol–water partition coefficient (Wildman–Crippen LogP) is 6.70. The van der Waals surface area contributed by atoms with Crippen molar-refractivity contribution in [3.8, 4) is 11.1 Å². The molecule has 8 nitrogen and oxygen atoms in total. The van der Waals surface area contributed by atoms with E-state index in [1.807, 2.05) is 0 Å². The summed E-state index contributed by atoms with van der Waals surface area (Å²) in [6, 6.07) is 3.36. The molecule has 2 fully saturated rings. The van der Waals surface area contributed by atoms with Crippen molar-refractivity contribution in [2.24, 2.45) is 10.9 Å². The number of amides is 2. The molecule has 40 heavy (non-hydrogen) atoms. The number of pyridine rings is 1. The Bertz CT molecular complexity index is 1350. The second-order valence-electron chi connectivity index (χ2n) is 12.0. The summed E-state index contributed by atoms with van der Waals surface area (Å²) in [6.07, 6.45) is 0.332. The van der Waals surface area contributed by atoms with Gasteiger partial charge in [0.05, 0.1) is 6.20 Å². The fourth-order valence-corrected chi connectivity index (χ4v) is 4.93. The van der Waals surface area contributed by atoms with Gasteiger partial charge in [-0.15, -0.1) is 4.99 Å². The van der Waals surface area contributed by atoms with Crippen molar-refractivity contribution in [2.45, 2.75) is 84.2 Å². The zero-order chi connectivity index (χ0) is 29.6. The summed E-state index contributed by atoms with van der Waals surface area (Å²) in [5, 5.41) is 0. The highest BCUT2D eigenvalue weighted by atomic mass is 19.1. The second kappa shape index (κ2) is 10.4. The summed E-state index contributed by atoms with van der Waals surface area (Å²) in [7, 11) is 0. The van der Waals surface area contributed by atoms with E-state index in [2.05, 4.69) is 9.98 Å². The van der Waals surface area contributed by atoms with Gasteiger partial charge in [0, 0.05) is 23.2 Å². The van der Waals surface area contributed by atoms with Crippen LogP contribution < -0.4 is 0 Å². The first-order valence-corrected chi connectivity index (χ1v) is 13.1. The third-order valence-corrected chi connectivity index (χ3v) is 6.61. The smallest absolute Gasteiger partial charge is 0.438 e. The fourth-order valence-electron chi connectivity index (χ4n) is 4.93. The molecule has 2 aliphatic rings. The molecule has 1 saturated carbocycles. The number of alkyl halides is 1. The van der Waals surface area contributed by atoms with Gasteiger partial charge in [-0.25, -0.2) is 27.7 Å². The standard InChI is InChI=1S/C29H34F3N3O5/c1-8-16-10-22(32)20(11-19(16)17-9-18(31)14-33-13-17)29(15-30)21-12-23(21)38-24(34-25(36)39-27(2,3)4)35(29)26(37)40-28(5,6)7/h9-11,13-14,21,23H,8,12,15H2,1-7H3/b34-24-/t21-,23?,29+/m0/s1. The largest absolute Gasteiger partial charge is 0.461 e. The van der Waals surface area contributed by atoms with E-state index in [0.717, 1.165) is 11.1 Å². The van der Waals surface area contributed by atoms with Crippen LogP contribution in [0.5, 0.6) is 0 Å². The van der Waals surface area contributed by atoms with Crippen molar-refractivity contribution >= 4 is 18.2 Å². The molecular weight excluding hydrogens is 527 g/mol. The van der Waals surface area contributed by atoms with Crippen LogP contribution in [0.25, 0.3) is 11.1 Å². The van der Waals surface area contributed by atoms with E-state index in [4.69, 9.17) is 14.2 Å². The van der Waals surface area contributed by atoms with E-state index in [1.165, 1.54) is 24.4 Å². The van der Waals surface area contributed by atoms with E-state index in [9.17, 15) is 14.0 Å². The average Bonchev–Trinajstić information content (AvgIpc) is 3.60. The first kappa shape index (κ1) is 29.4. The molecule has 4 rings (SSSR count). The van der Waals surface area contributed by atoms with Crippen molar-refractivity contribution in [1.29, 1.82) is 0 Å². The number of fused-ring (bicyclic) bond motifs is 1. The van der Waals surface area contributed by atoms with Gasteiger partial charge >= 0.3 is 18.2 Å². The number of aromatic nitrogens is 1. The van der Waals surface area contributed by atoms with Gasteiger partial charge in [-0.2, -0.15) is 0 Å². The Morgan fingerprint density at radius 1 is 1.10 bits per heavy atom. The zero-order valence-electron chi connectivity index (χ0n) is 23.7. The molecule has 2 aromatic rings. The zero-order valence-corrected chi connectivity index (χ0v) is 23.7. The Morgan fingerprint density at radius 3 is 2.35 bits per heavy atom. The Hall–Kier alpha value is -3.63. The predicted molar refractivity (Wildman–Crippen MR) is 141 cm³/mol. The summed E-state index contributed by atoms with van der Waals surface area (Å²) in [4.78, 5) is 34.9. The SMILES string of the molecule is CCc1cc(F)c([C@]2(CF)[C@H]3CC3O/C(=N\C(=O)OC(C)(C)C)N2C(=O)OC(C)(C)C)cc1-c1cncc(F)c1. The van der Waals surface area contributed by atoms with Gasteiger partial charge in [-0.3, -0.25) is 4.98 Å². The molecule has 1 aromatic heterocycles. The van der Waals surface area contributed by atoms with Crippen LogP contribution in [-0.4, -0.2) is 52.1 Å². The topological polar surface area (TPSA) is 90.3 Å². The third-order valence-electron chi connectivity index (χ3n) is 6.61. The van der Waals surface area contributed by atoms with E-state index < -0.39 is 65.3 Å². The summed E-state index contributed by atoms with van der Waals surface area (Å²) >= 11 is 0. The summed E-state index contributed by atoms with van der Waals surface area (Å²) in [6.45, 7) is 10.3. The van der Waals surface area contributed by atoms with Crippen LogP contribution >= 0.6 is 0 Å². The molecule has 216 valence electrons. The fraction of sp³-hybridized carbons (Fsp3) is 0.517. The molecule has 1 aromatic carbocycles. The van der Waals surface area contributed by atoms with Crippen LogP contribution in [0.3, 0.4) is 0 Å². The highest BCUT2D eigenvalue weighted by Gasteiger charge is 2.67. The normalized spacial score (nSPS) is 23.4. The van der Waals surface area contributed by atoms with E-state index >= 15 is 8.78 Å². The maximum absolute atomic E-state index is 16.0. The highest BCUT2D eigenvalue weighted by Crippen LogP contribution is 2.56. The van der Waals surface area contributed by atoms with Crippen molar-refractivity contribution in [3.05, 3.63) is 53.4 Å². The molecule has 3 atom stereocenters. The summed E-state index contributed by atoms with van der Waals surface area (Å²) < 4.78 is 62.3. The lowest BCUT2D eigenvalue weighted by atomic mass is 9.80. The number of halogens is 3. The molecule has 0 N–H and O–H groups in total. The molecule has 1 aliphatic carbocycles. The number of aliphatic imine (C=N–C) groups is 1. The van der Waals surface area contributed by atoms with Crippen LogP contribution in [0.4, 0.5) is 22.8 Å². The Morgan fingerprint density at radius 2 is 1.77 bits per heavy atom. The minimum atomic E-state index is -1.97. The molecule has 1 unspecified atom stereocenters. The monoisotopic (exact) mass is 561 g/mol. The average molecular weight is 562 g/mol. The van der Waals surface area contributed by atoms with Gasteiger partial charge in [0.2, 0.25) is 0 Å². The molecule has 1 saturated heterocycles. The second-order valence-corrected chi connectivity index (χ2v) is 12.0. The molecule has 2 heterocycles. The van der Waals surface area contributed by atoms with E-state index in [-0.39, 0.29) is 12.0 Å². The van der Waals surface area contributed by atoms with Crippen LogP contribution in [0.1, 0.15) is 66.0 Å². The van der Waals surface area contributed by atoms with Crippen LogP contribution in [0, 0.1) is 17.6 Å². The first-order valence-electron chi connectivity index (χ1n) is 13.1. The number of hydrogen-bond donors (Lipinski definition) is 0. The number of aryl methyl sites for hydroxylation is 1. The minimum Gasteiger partial charge on any atom is -0.461 e. The molecule has 11 heteroatoms. The first-order chi connectivity index (χ1) is 18.6.